The van der Waals surface area contributed by atoms with Crippen molar-refractivity contribution in [3.05, 3.63) is 29.8 Å². The molecular weight excluding hydrogens is 226 g/mol. The Morgan fingerprint density at radius 3 is 2.78 bits per heavy atom. The zero-order chi connectivity index (χ0) is 13.0. The van der Waals surface area contributed by atoms with Gasteiger partial charge in [0.1, 0.15) is 0 Å². The number of carbonyl (C=O) groups is 1. The zero-order valence-corrected chi connectivity index (χ0v) is 10.9. The normalized spacial score (nSPS) is 14.3. The van der Waals surface area contributed by atoms with E-state index in [-0.39, 0.29) is 6.03 Å². The summed E-state index contributed by atoms with van der Waals surface area (Å²) in [5, 5.41) is 3.02. The van der Waals surface area contributed by atoms with Crippen LogP contribution in [-0.2, 0) is 6.54 Å². The van der Waals surface area contributed by atoms with Crippen LogP contribution in [0.25, 0.3) is 0 Å². The van der Waals surface area contributed by atoms with Crippen molar-refractivity contribution in [2.45, 2.75) is 38.8 Å². The van der Waals surface area contributed by atoms with Crippen LogP contribution in [0.3, 0.4) is 0 Å². The number of nitrogens with zero attached hydrogens (tertiary/aromatic N) is 1. The van der Waals surface area contributed by atoms with Gasteiger partial charge in [-0.3, -0.25) is 0 Å². The topological polar surface area (TPSA) is 58.4 Å². The summed E-state index contributed by atoms with van der Waals surface area (Å²) in [4.78, 5) is 13.9. The molecule has 2 amide bonds. The van der Waals surface area contributed by atoms with Crippen LogP contribution < -0.4 is 11.1 Å². The van der Waals surface area contributed by atoms with Gasteiger partial charge in [0, 0.05) is 24.8 Å². The first-order valence-electron chi connectivity index (χ1n) is 6.59. The number of nitrogen functional groups attached to an aromatic ring is 1. The van der Waals surface area contributed by atoms with E-state index in [2.05, 4.69) is 12.2 Å². The van der Waals surface area contributed by atoms with E-state index in [4.69, 9.17) is 5.73 Å². The molecule has 0 aliphatic heterocycles. The lowest BCUT2D eigenvalue weighted by Crippen LogP contribution is -2.41. The molecule has 0 spiro atoms. The molecule has 1 aromatic rings. The van der Waals surface area contributed by atoms with Crippen molar-refractivity contribution < 1.29 is 4.79 Å². The molecule has 1 aromatic carbocycles. The predicted octanol–water partition coefficient (Wildman–Crippen LogP) is 2.35. The van der Waals surface area contributed by atoms with E-state index < -0.39 is 0 Å². The number of carbonyl (C=O) groups excluding carboxylic acids is 1. The fourth-order valence-electron chi connectivity index (χ4n) is 1.90. The van der Waals surface area contributed by atoms with Crippen LogP contribution in [0.2, 0.25) is 0 Å². The molecule has 0 aromatic heterocycles. The van der Waals surface area contributed by atoms with Gasteiger partial charge in [-0.05, 0) is 30.9 Å². The van der Waals surface area contributed by atoms with Crippen LogP contribution in [0.5, 0.6) is 0 Å². The number of benzene rings is 1. The minimum absolute atomic E-state index is 0.0302. The minimum Gasteiger partial charge on any atom is -0.398 e. The molecule has 1 saturated carbocycles. The Morgan fingerprint density at radius 1 is 1.44 bits per heavy atom. The smallest absolute Gasteiger partial charge is 0.317 e. The molecule has 0 heterocycles. The van der Waals surface area contributed by atoms with Gasteiger partial charge >= 0.3 is 6.03 Å². The number of nitrogens with one attached hydrogen (secondary N) is 1. The zero-order valence-electron chi connectivity index (χ0n) is 10.9. The highest BCUT2D eigenvalue weighted by Crippen LogP contribution is 2.20. The first-order valence-corrected chi connectivity index (χ1v) is 6.59. The average molecular weight is 247 g/mol. The van der Waals surface area contributed by atoms with Gasteiger partial charge in [-0.25, -0.2) is 4.79 Å². The Labute approximate surface area is 108 Å². The fraction of sp³-hybridized carbons (Fsp3) is 0.500. The van der Waals surface area contributed by atoms with Gasteiger partial charge in [0.15, 0.2) is 0 Å². The summed E-state index contributed by atoms with van der Waals surface area (Å²) in [6.45, 7) is 3.41. The first-order chi connectivity index (χ1) is 8.70. The van der Waals surface area contributed by atoms with Gasteiger partial charge in [-0.1, -0.05) is 25.1 Å². The lowest BCUT2D eigenvalue weighted by atomic mass is 10.1. The molecule has 1 aliphatic carbocycles. The molecular formula is C14H21N3O. The van der Waals surface area contributed by atoms with E-state index >= 15 is 0 Å². The number of amides is 2. The van der Waals surface area contributed by atoms with Crippen LogP contribution in [-0.4, -0.2) is 23.5 Å². The number of para-hydroxylation sites is 1. The molecule has 0 bridgehead atoms. The van der Waals surface area contributed by atoms with Gasteiger partial charge in [0.05, 0.1) is 0 Å². The van der Waals surface area contributed by atoms with Crippen molar-refractivity contribution in [2.75, 3.05) is 12.3 Å². The quantitative estimate of drug-likeness (QED) is 0.785. The molecule has 4 heteroatoms. The van der Waals surface area contributed by atoms with E-state index in [1.54, 1.807) is 0 Å². The SMILES string of the molecule is CCCN(Cc1ccccc1N)C(=O)NC1CC1. The number of hydrogen-bond donors (Lipinski definition) is 2. The van der Waals surface area contributed by atoms with Crippen molar-refractivity contribution in [3.8, 4) is 0 Å². The number of rotatable bonds is 5. The van der Waals surface area contributed by atoms with Crippen molar-refractivity contribution in [1.82, 2.24) is 10.2 Å². The van der Waals surface area contributed by atoms with Crippen LogP contribution in [0.15, 0.2) is 24.3 Å². The van der Waals surface area contributed by atoms with E-state index in [1.165, 1.54) is 0 Å². The molecule has 0 saturated heterocycles. The Kier molecular flexibility index (Phi) is 4.07. The highest BCUT2D eigenvalue weighted by atomic mass is 16.2. The monoisotopic (exact) mass is 247 g/mol. The third-order valence-electron chi connectivity index (χ3n) is 3.10. The third kappa shape index (κ3) is 3.39. The molecule has 1 fully saturated rings. The Balaban J connectivity index is 2.00. The molecule has 0 radical (unpaired) electrons. The van der Waals surface area contributed by atoms with Crippen LogP contribution in [0, 0.1) is 0 Å². The maximum Gasteiger partial charge on any atom is 0.317 e. The number of anilines is 1. The van der Waals surface area contributed by atoms with Gasteiger partial charge in [0.2, 0.25) is 0 Å². The van der Waals surface area contributed by atoms with Gasteiger partial charge in [-0.15, -0.1) is 0 Å². The van der Waals surface area contributed by atoms with Gasteiger partial charge in [-0.2, -0.15) is 0 Å². The van der Waals surface area contributed by atoms with E-state index in [0.717, 1.165) is 37.1 Å². The maximum atomic E-state index is 12.1. The highest BCUT2D eigenvalue weighted by molar-refractivity contribution is 5.75. The molecule has 0 unspecified atom stereocenters. The molecule has 1 aliphatic rings. The number of urea groups is 1. The summed E-state index contributed by atoms with van der Waals surface area (Å²) in [7, 11) is 0. The van der Waals surface area contributed by atoms with E-state index in [1.807, 2.05) is 29.2 Å². The first kappa shape index (κ1) is 12.7. The summed E-state index contributed by atoms with van der Waals surface area (Å²) in [6.07, 6.45) is 3.17. The van der Waals surface area contributed by atoms with Crippen molar-refractivity contribution >= 4 is 11.7 Å². The van der Waals surface area contributed by atoms with Crippen LogP contribution in [0.4, 0.5) is 10.5 Å². The Bertz CT molecular complexity index is 415. The lowest BCUT2D eigenvalue weighted by Gasteiger charge is -2.23. The highest BCUT2D eigenvalue weighted by Gasteiger charge is 2.25. The van der Waals surface area contributed by atoms with E-state index in [0.29, 0.717) is 12.6 Å². The second-order valence-electron chi connectivity index (χ2n) is 4.84. The summed E-state index contributed by atoms with van der Waals surface area (Å²) in [5.41, 5.74) is 7.68. The molecule has 98 valence electrons. The molecule has 0 atom stereocenters. The predicted molar refractivity (Wildman–Crippen MR) is 73.1 cm³/mol. The fourth-order valence-corrected chi connectivity index (χ4v) is 1.90. The largest absolute Gasteiger partial charge is 0.398 e. The molecule has 18 heavy (non-hydrogen) atoms. The van der Waals surface area contributed by atoms with Gasteiger partial charge < -0.3 is 16.0 Å². The average Bonchev–Trinajstić information content (AvgIpc) is 3.15. The van der Waals surface area contributed by atoms with Crippen molar-refractivity contribution in [3.63, 3.8) is 0 Å². The molecule has 2 rings (SSSR count). The summed E-state index contributed by atoms with van der Waals surface area (Å²) in [5.74, 6) is 0. The van der Waals surface area contributed by atoms with Crippen molar-refractivity contribution in [1.29, 1.82) is 0 Å². The Morgan fingerprint density at radius 2 is 2.17 bits per heavy atom. The number of nitrogens with two attached hydrogens (primary N) is 1. The second-order valence-corrected chi connectivity index (χ2v) is 4.84. The standard InChI is InChI=1S/C14H21N3O/c1-2-9-17(14(18)16-12-7-8-12)10-11-5-3-4-6-13(11)15/h3-6,12H,2,7-10,15H2,1H3,(H,16,18). The summed E-state index contributed by atoms with van der Waals surface area (Å²) < 4.78 is 0. The van der Waals surface area contributed by atoms with Gasteiger partial charge in [0.25, 0.3) is 0 Å². The lowest BCUT2D eigenvalue weighted by molar-refractivity contribution is 0.194. The second kappa shape index (κ2) is 5.76. The molecule has 4 nitrogen and oxygen atoms in total. The Hall–Kier alpha value is -1.71. The van der Waals surface area contributed by atoms with Crippen LogP contribution >= 0.6 is 0 Å². The summed E-state index contributed by atoms with van der Waals surface area (Å²) >= 11 is 0. The molecule has 3 N–H and O–H groups in total. The van der Waals surface area contributed by atoms with Crippen LogP contribution in [0.1, 0.15) is 31.7 Å². The van der Waals surface area contributed by atoms with E-state index in [9.17, 15) is 4.79 Å². The summed E-state index contributed by atoms with van der Waals surface area (Å²) in [6, 6.07) is 8.13. The maximum absolute atomic E-state index is 12.1. The minimum atomic E-state index is 0.0302. The third-order valence-corrected chi connectivity index (χ3v) is 3.10. The van der Waals surface area contributed by atoms with Crippen molar-refractivity contribution in [2.24, 2.45) is 0 Å². The number of hydrogen-bond acceptors (Lipinski definition) is 2.